The van der Waals surface area contributed by atoms with Gasteiger partial charge >= 0.3 is 0 Å². The Hall–Kier alpha value is -2.66. The molecule has 1 unspecified atom stereocenters. The summed E-state index contributed by atoms with van der Waals surface area (Å²) in [6.45, 7) is 0.706. The Labute approximate surface area is 157 Å². The highest BCUT2D eigenvalue weighted by atomic mass is 35.5. The molecular weight excluding hydrogens is 348 g/mol. The van der Waals surface area contributed by atoms with Crippen molar-refractivity contribution >= 4 is 17.5 Å². The minimum atomic E-state index is -0.0734. The molecule has 0 spiro atoms. The van der Waals surface area contributed by atoms with Gasteiger partial charge in [-0.25, -0.2) is 0 Å². The SMILES string of the molecule is O=C(NC1CCCc2c1cnn2Cc1ccc(Cl)cc1)c1ccncc1. The summed E-state index contributed by atoms with van der Waals surface area (Å²) >= 11 is 5.96. The van der Waals surface area contributed by atoms with E-state index in [1.165, 1.54) is 5.69 Å². The van der Waals surface area contributed by atoms with E-state index in [-0.39, 0.29) is 11.9 Å². The summed E-state index contributed by atoms with van der Waals surface area (Å²) in [5, 5.41) is 8.44. The largest absolute Gasteiger partial charge is 0.345 e. The lowest BCUT2D eigenvalue weighted by molar-refractivity contribution is 0.0932. The van der Waals surface area contributed by atoms with Crippen molar-refractivity contribution in [3.8, 4) is 0 Å². The van der Waals surface area contributed by atoms with Crippen LogP contribution in [0.3, 0.4) is 0 Å². The first-order valence-electron chi connectivity index (χ1n) is 8.70. The molecule has 0 fully saturated rings. The Morgan fingerprint density at radius 1 is 1.19 bits per heavy atom. The normalized spacial score (nSPS) is 16.1. The molecule has 0 bridgehead atoms. The van der Waals surface area contributed by atoms with Gasteiger partial charge in [-0.1, -0.05) is 23.7 Å². The van der Waals surface area contributed by atoms with E-state index in [1.54, 1.807) is 24.5 Å². The molecule has 0 saturated carbocycles. The third kappa shape index (κ3) is 3.48. The number of amides is 1. The highest BCUT2D eigenvalue weighted by Gasteiger charge is 2.25. The van der Waals surface area contributed by atoms with Crippen LogP contribution in [-0.2, 0) is 13.0 Å². The minimum Gasteiger partial charge on any atom is -0.345 e. The number of pyridine rings is 1. The van der Waals surface area contributed by atoms with Crippen molar-refractivity contribution in [3.63, 3.8) is 0 Å². The van der Waals surface area contributed by atoms with Crippen LogP contribution in [-0.4, -0.2) is 20.7 Å². The smallest absolute Gasteiger partial charge is 0.251 e. The van der Waals surface area contributed by atoms with Gasteiger partial charge in [0.1, 0.15) is 0 Å². The summed E-state index contributed by atoms with van der Waals surface area (Å²) in [5.74, 6) is -0.0734. The molecule has 132 valence electrons. The van der Waals surface area contributed by atoms with E-state index in [0.717, 1.165) is 35.4 Å². The van der Waals surface area contributed by atoms with Crippen molar-refractivity contribution in [2.75, 3.05) is 0 Å². The molecule has 5 nitrogen and oxygen atoms in total. The number of fused-ring (bicyclic) bond motifs is 1. The Morgan fingerprint density at radius 2 is 1.96 bits per heavy atom. The van der Waals surface area contributed by atoms with Gasteiger partial charge in [-0.05, 0) is 49.1 Å². The van der Waals surface area contributed by atoms with Gasteiger partial charge in [-0.2, -0.15) is 5.10 Å². The van der Waals surface area contributed by atoms with Crippen LogP contribution in [0.2, 0.25) is 5.02 Å². The number of halogens is 1. The van der Waals surface area contributed by atoms with Gasteiger partial charge in [0.25, 0.3) is 5.91 Å². The molecule has 1 aliphatic rings. The fraction of sp³-hybridized carbons (Fsp3) is 0.250. The van der Waals surface area contributed by atoms with Gasteiger partial charge in [0, 0.05) is 34.2 Å². The van der Waals surface area contributed by atoms with E-state index in [2.05, 4.69) is 15.4 Å². The lowest BCUT2D eigenvalue weighted by Crippen LogP contribution is -2.31. The zero-order valence-corrected chi connectivity index (χ0v) is 15.0. The molecule has 0 radical (unpaired) electrons. The van der Waals surface area contributed by atoms with E-state index < -0.39 is 0 Å². The van der Waals surface area contributed by atoms with Gasteiger partial charge in [-0.15, -0.1) is 0 Å². The average molecular weight is 367 g/mol. The van der Waals surface area contributed by atoms with Crippen molar-refractivity contribution in [3.05, 3.63) is 82.4 Å². The van der Waals surface area contributed by atoms with E-state index in [1.807, 2.05) is 35.1 Å². The monoisotopic (exact) mass is 366 g/mol. The Kier molecular flexibility index (Phi) is 4.71. The number of hydrogen-bond acceptors (Lipinski definition) is 3. The van der Waals surface area contributed by atoms with Crippen molar-refractivity contribution in [2.24, 2.45) is 0 Å². The average Bonchev–Trinajstić information content (AvgIpc) is 3.08. The van der Waals surface area contributed by atoms with Crippen LogP contribution < -0.4 is 5.32 Å². The van der Waals surface area contributed by atoms with Crippen LogP contribution in [0, 0.1) is 0 Å². The Bertz CT molecular complexity index is 905. The second kappa shape index (κ2) is 7.30. The molecule has 2 aromatic heterocycles. The topological polar surface area (TPSA) is 59.8 Å². The van der Waals surface area contributed by atoms with Crippen molar-refractivity contribution in [1.29, 1.82) is 0 Å². The van der Waals surface area contributed by atoms with Crippen LogP contribution in [0.4, 0.5) is 0 Å². The zero-order valence-electron chi connectivity index (χ0n) is 14.2. The van der Waals surface area contributed by atoms with Gasteiger partial charge in [0.2, 0.25) is 0 Å². The first kappa shape index (κ1) is 16.8. The van der Waals surface area contributed by atoms with Crippen LogP contribution >= 0.6 is 11.6 Å². The molecule has 3 aromatic rings. The molecule has 1 aromatic carbocycles. The second-order valence-corrected chi connectivity index (χ2v) is 6.92. The number of rotatable bonds is 4. The van der Waals surface area contributed by atoms with E-state index in [4.69, 9.17) is 11.6 Å². The summed E-state index contributed by atoms with van der Waals surface area (Å²) in [7, 11) is 0. The van der Waals surface area contributed by atoms with Gasteiger partial charge in [-0.3, -0.25) is 14.5 Å². The molecule has 6 heteroatoms. The van der Waals surface area contributed by atoms with Gasteiger partial charge < -0.3 is 5.32 Å². The number of nitrogens with one attached hydrogen (secondary N) is 1. The number of hydrogen-bond donors (Lipinski definition) is 1. The van der Waals surface area contributed by atoms with Gasteiger partial charge in [0.15, 0.2) is 0 Å². The molecule has 2 heterocycles. The molecule has 1 atom stereocenters. The molecular formula is C20H19ClN4O. The van der Waals surface area contributed by atoms with Crippen LogP contribution in [0.1, 0.15) is 46.1 Å². The van der Waals surface area contributed by atoms with E-state index in [0.29, 0.717) is 12.1 Å². The third-order valence-corrected chi connectivity index (χ3v) is 5.01. The summed E-state index contributed by atoms with van der Waals surface area (Å²) < 4.78 is 2.03. The number of aromatic nitrogens is 3. The second-order valence-electron chi connectivity index (χ2n) is 6.48. The van der Waals surface area contributed by atoms with Crippen LogP contribution in [0.5, 0.6) is 0 Å². The molecule has 0 saturated heterocycles. The summed E-state index contributed by atoms with van der Waals surface area (Å²) in [6, 6.07) is 11.3. The lowest BCUT2D eigenvalue weighted by Gasteiger charge is -2.24. The van der Waals surface area contributed by atoms with Crippen molar-refractivity contribution < 1.29 is 4.79 Å². The maximum absolute atomic E-state index is 12.5. The minimum absolute atomic E-state index is 0.00150. The zero-order chi connectivity index (χ0) is 17.9. The number of carbonyl (C=O) groups excluding carboxylic acids is 1. The first-order chi connectivity index (χ1) is 12.7. The molecule has 26 heavy (non-hydrogen) atoms. The Balaban J connectivity index is 1.53. The maximum atomic E-state index is 12.5. The summed E-state index contributed by atoms with van der Waals surface area (Å²) in [4.78, 5) is 16.4. The molecule has 4 rings (SSSR count). The van der Waals surface area contributed by atoms with E-state index >= 15 is 0 Å². The highest BCUT2D eigenvalue weighted by molar-refractivity contribution is 6.30. The fourth-order valence-corrected chi connectivity index (χ4v) is 3.54. The first-order valence-corrected chi connectivity index (χ1v) is 9.08. The summed E-state index contributed by atoms with van der Waals surface area (Å²) in [5.41, 5.74) is 4.10. The van der Waals surface area contributed by atoms with Gasteiger partial charge in [0.05, 0.1) is 18.8 Å². The highest BCUT2D eigenvalue weighted by Crippen LogP contribution is 2.30. The quantitative estimate of drug-likeness (QED) is 0.764. The summed E-state index contributed by atoms with van der Waals surface area (Å²) in [6.07, 6.45) is 8.08. The standard InChI is InChI=1S/C20H19ClN4O/c21-16-6-4-14(5-7-16)13-25-19-3-1-2-18(17(19)12-23-25)24-20(26)15-8-10-22-11-9-15/h4-12,18H,1-3,13H2,(H,24,26). The van der Waals surface area contributed by atoms with Crippen molar-refractivity contribution in [2.45, 2.75) is 31.8 Å². The number of benzene rings is 1. The molecule has 0 aliphatic heterocycles. The predicted octanol–water partition coefficient (Wildman–Crippen LogP) is 3.79. The molecule has 1 amide bonds. The number of carbonyl (C=O) groups is 1. The van der Waals surface area contributed by atoms with E-state index in [9.17, 15) is 4.79 Å². The third-order valence-electron chi connectivity index (χ3n) is 4.76. The predicted molar refractivity (Wildman–Crippen MR) is 100 cm³/mol. The lowest BCUT2D eigenvalue weighted by atomic mass is 9.92. The van der Waals surface area contributed by atoms with Crippen LogP contribution in [0.25, 0.3) is 0 Å². The van der Waals surface area contributed by atoms with Crippen molar-refractivity contribution in [1.82, 2.24) is 20.1 Å². The fourth-order valence-electron chi connectivity index (χ4n) is 3.41. The molecule has 1 N–H and O–H groups in total. The molecule has 1 aliphatic carbocycles. The maximum Gasteiger partial charge on any atom is 0.251 e. The Morgan fingerprint density at radius 3 is 2.73 bits per heavy atom. The van der Waals surface area contributed by atoms with Crippen LogP contribution in [0.15, 0.2) is 55.0 Å². The number of nitrogens with zero attached hydrogens (tertiary/aromatic N) is 3.